The summed E-state index contributed by atoms with van der Waals surface area (Å²) in [6, 6.07) is 31.2. The number of hydrogen-bond acceptors (Lipinski definition) is 4. The predicted molar refractivity (Wildman–Crippen MR) is 150 cm³/mol. The van der Waals surface area contributed by atoms with Crippen LogP contribution < -0.4 is 15.4 Å². The minimum atomic E-state index is -0.577. The van der Waals surface area contributed by atoms with Crippen LogP contribution >= 0.6 is 0 Å². The molecular weight excluding hydrogens is 446 g/mol. The number of ether oxygens (including phenoxy) is 1. The van der Waals surface area contributed by atoms with E-state index in [0.29, 0.717) is 6.54 Å². The van der Waals surface area contributed by atoms with Gasteiger partial charge >= 0.3 is 0 Å². The van der Waals surface area contributed by atoms with Crippen LogP contribution in [0.15, 0.2) is 91.0 Å². The lowest BCUT2D eigenvalue weighted by molar-refractivity contribution is 0.107. The van der Waals surface area contributed by atoms with Crippen molar-refractivity contribution < 1.29 is 9.84 Å². The molecule has 1 unspecified atom stereocenters. The molecule has 0 aliphatic heterocycles. The molecule has 0 bridgehead atoms. The van der Waals surface area contributed by atoms with Crippen molar-refractivity contribution in [2.24, 2.45) is 0 Å². The van der Waals surface area contributed by atoms with Gasteiger partial charge < -0.3 is 25.5 Å². The van der Waals surface area contributed by atoms with E-state index in [9.17, 15) is 5.11 Å². The first-order valence-corrected chi connectivity index (χ1v) is 12.6. The molecule has 0 saturated heterocycles. The number of nitrogens with one attached hydrogen (secondary N) is 3. The van der Waals surface area contributed by atoms with Gasteiger partial charge in [0, 0.05) is 35.1 Å². The van der Waals surface area contributed by atoms with E-state index in [1.54, 1.807) is 0 Å². The Morgan fingerprint density at radius 2 is 1.67 bits per heavy atom. The van der Waals surface area contributed by atoms with Crippen molar-refractivity contribution in [2.75, 3.05) is 31.6 Å². The van der Waals surface area contributed by atoms with E-state index in [4.69, 9.17) is 4.74 Å². The van der Waals surface area contributed by atoms with E-state index in [1.807, 2.05) is 36.4 Å². The SMILES string of the molecule is Cc1cc(NCCCNCC(O)COc2cccc3[nH]c4ccccc4c23)ccc1-c1ccccc1. The van der Waals surface area contributed by atoms with Crippen molar-refractivity contribution in [3.63, 3.8) is 0 Å². The molecule has 1 atom stereocenters. The minimum Gasteiger partial charge on any atom is -0.490 e. The lowest BCUT2D eigenvalue weighted by atomic mass is 10.00. The van der Waals surface area contributed by atoms with Gasteiger partial charge in [-0.25, -0.2) is 0 Å². The molecule has 0 aliphatic rings. The molecule has 0 spiro atoms. The Kier molecular flexibility index (Phi) is 7.50. The van der Waals surface area contributed by atoms with Crippen LogP contribution in [0.1, 0.15) is 12.0 Å². The van der Waals surface area contributed by atoms with E-state index >= 15 is 0 Å². The number of aliphatic hydroxyl groups is 1. The molecule has 0 amide bonds. The highest BCUT2D eigenvalue weighted by molar-refractivity contribution is 6.10. The fourth-order valence-electron chi connectivity index (χ4n) is 4.66. The van der Waals surface area contributed by atoms with Gasteiger partial charge in [-0.1, -0.05) is 60.7 Å². The maximum absolute atomic E-state index is 10.4. The molecule has 184 valence electrons. The van der Waals surface area contributed by atoms with Crippen molar-refractivity contribution in [2.45, 2.75) is 19.4 Å². The lowest BCUT2D eigenvalue weighted by Crippen LogP contribution is -2.32. The topological polar surface area (TPSA) is 69.3 Å². The molecule has 0 saturated carbocycles. The molecule has 4 aromatic carbocycles. The van der Waals surface area contributed by atoms with Crippen molar-refractivity contribution in [3.05, 3.63) is 96.6 Å². The zero-order valence-corrected chi connectivity index (χ0v) is 20.6. The van der Waals surface area contributed by atoms with Crippen LogP contribution in [-0.4, -0.2) is 42.4 Å². The average molecular weight is 480 g/mol. The standard InChI is InChI=1S/C31H33N3O2/c1-22-19-24(15-16-26(22)23-9-3-2-4-10-23)33-18-8-17-32-20-25(35)21-36-30-14-7-13-29-31(30)27-11-5-6-12-28(27)34-29/h2-7,9-16,19,25,32-35H,8,17-18,20-21H2,1H3. The first-order chi connectivity index (χ1) is 17.7. The molecule has 5 heteroatoms. The number of benzene rings is 4. The summed E-state index contributed by atoms with van der Waals surface area (Å²) in [5.74, 6) is 0.793. The number of aromatic nitrogens is 1. The number of para-hydroxylation sites is 1. The molecule has 0 fully saturated rings. The summed E-state index contributed by atoms with van der Waals surface area (Å²) in [7, 11) is 0. The molecule has 5 nitrogen and oxygen atoms in total. The van der Waals surface area contributed by atoms with Crippen molar-refractivity contribution in [1.82, 2.24) is 10.3 Å². The van der Waals surface area contributed by atoms with Gasteiger partial charge in [0.25, 0.3) is 0 Å². The summed E-state index contributed by atoms with van der Waals surface area (Å²) >= 11 is 0. The Morgan fingerprint density at radius 1 is 0.861 bits per heavy atom. The van der Waals surface area contributed by atoms with Gasteiger partial charge in [0.1, 0.15) is 18.5 Å². The number of fused-ring (bicyclic) bond motifs is 3. The number of rotatable bonds is 11. The van der Waals surface area contributed by atoms with Crippen LogP contribution in [0.5, 0.6) is 5.75 Å². The molecular formula is C31H33N3O2. The highest BCUT2D eigenvalue weighted by atomic mass is 16.5. The molecule has 5 rings (SSSR count). The van der Waals surface area contributed by atoms with E-state index < -0.39 is 6.10 Å². The van der Waals surface area contributed by atoms with Crippen LogP contribution in [-0.2, 0) is 0 Å². The maximum Gasteiger partial charge on any atom is 0.129 e. The third-order valence-corrected chi connectivity index (χ3v) is 6.47. The second-order valence-electron chi connectivity index (χ2n) is 9.19. The first-order valence-electron chi connectivity index (χ1n) is 12.6. The largest absolute Gasteiger partial charge is 0.490 e. The molecule has 1 heterocycles. The number of aryl methyl sites for hydroxylation is 1. The Hall–Kier alpha value is -3.80. The normalized spacial score (nSPS) is 12.2. The molecule has 36 heavy (non-hydrogen) atoms. The van der Waals surface area contributed by atoms with Gasteiger partial charge in [0.05, 0.1) is 5.52 Å². The molecule has 1 aromatic heterocycles. The second-order valence-corrected chi connectivity index (χ2v) is 9.19. The van der Waals surface area contributed by atoms with E-state index in [1.165, 1.54) is 16.7 Å². The number of H-pyrrole nitrogens is 1. The molecule has 5 aromatic rings. The fraction of sp³-hybridized carbons (Fsp3) is 0.226. The Balaban J connectivity index is 1.04. The zero-order chi connectivity index (χ0) is 24.7. The summed E-state index contributed by atoms with van der Waals surface area (Å²) in [5.41, 5.74) is 7.02. The number of anilines is 1. The van der Waals surface area contributed by atoms with Gasteiger partial charge in [-0.15, -0.1) is 0 Å². The summed E-state index contributed by atoms with van der Waals surface area (Å²) in [5, 5.41) is 19.4. The quantitative estimate of drug-likeness (QED) is 0.172. The summed E-state index contributed by atoms with van der Waals surface area (Å²) in [6.45, 7) is 4.58. The predicted octanol–water partition coefficient (Wildman–Crippen LogP) is 6.13. The summed E-state index contributed by atoms with van der Waals surface area (Å²) in [6.07, 6.45) is 0.383. The van der Waals surface area contributed by atoms with E-state index in [0.717, 1.165) is 52.8 Å². The third kappa shape index (κ3) is 5.54. The van der Waals surface area contributed by atoms with Crippen LogP contribution in [0, 0.1) is 6.92 Å². The zero-order valence-electron chi connectivity index (χ0n) is 20.6. The Labute approximate surface area is 212 Å². The van der Waals surface area contributed by atoms with Gasteiger partial charge in [-0.2, -0.15) is 0 Å². The van der Waals surface area contributed by atoms with Crippen molar-refractivity contribution in [1.29, 1.82) is 0 Å². The summed E-state index contributed by atoms with van der Waals surface area (Å²) in [4.78, 5) is 3.42. The van der Waals surface area contributed by atoms with Crippen LogP contribution in [0.3, 0.4) is 0 Å². The molecule has 0 aliphatic carbocycles. The minimum absolute atomic E-state index is 0.247. The highest BCUT2D eigenvalue weighted by Gasteiger charge is 2.11. The Bertz CT molecular complexity index is 1430. The van der Waals surface area contributed by atoms with Gasteiger partial charge in [0.15, 0.2) is 0 Å². The highest BCUT2D eigenvalue weighted by Crippen LogP contribution is 2.33. The fourth-order valence-corrected chi connectivity index (χ4v) is 4.66. The first kappa shape index (κ1) is 23.9. The van der Waals surface area contributed by atoms with Crippen LogP contribution in [0.2, 0.25) is 0 Å². The molecule has 4 N–H and O–H groups in total. The van der Waals surface area contributed by atoms with Gasteiger partial charge in [0.2, 0.25) is 0 Å². The van der Waals surface area contributed by atoms with Gasteiger partial charge in [-0.05, 0) is 66.9 Å². The number of hydrogen-bond donors (Lipinski definition) is 4. The molecule has 0 radical (unpaired) electrons. The average Bonchev–Trinajstić information content (AvgIpc) is 3.29. The number of aromatic amines is 1. The van der Waals surface area contributed by atoms with Gasteiger partial charge in [-0.3, -0.25) is 0 Å². The Morgan fingerprint density at radius 3 is 2.53 bits per heavy atom. The van der Waals surface area contributed by atoms with Crippen molar-refractivity contribution in [3.8, 4) is 16.9 Å². The van der Waals surface area contributed by atoms with Crippen LogP contribution in [0.25, 0.3) is 32.9 Å². The third-order valence-electron chi connectivity index (χ3n) is 6.47. The monoisotopic (exact) mass is 479 g/mol. The number of aliphatic hydroxyl groups excluding tert-OH is 1. The lowest BCUT2D eigenvalue weighted by Gasteiger charge is -2.14. The van der Waals surface area contributed by atoms with Crippen molar-refractivity contribution >= 4 is 27.5 Å². The maximum atomic E-state index is 10.4. The van der Waals surface area contributed by atoms with E-state index in [-0.39, 0.29) is 6.61 Å². The summed E-state index contributed by atoms with van der Waals surface area (Å²) < 4.78 is 6.01. The second kappa shape index (κ2) is 11.3. The smallest absolute Gasteiger partial charge is 0.129 e. The van der Waals surface area contributed by atoms with Crippen LogP contribution in [0.4, 0.5) is 5.69 Å². The van der Waals surface area contributed by atoms with E-state index in [2.05, 4.69) is 77.1 Å².